The SMILES string of the molecule is NS(=O)(=O)c1ccc(O[C@H]2c3ccccc3C[C@@H]2N2CCCC2)c(F)c1. The van der Waals surface area contributed by atoms with Gasteiger partial charge in [-0.2, -0.15) is 0 Å². The summed E-state index contributed by atoms with van der Waals surface area (Å²) in [4.78, 5) is 2.15. The fourth-order valence-corrected chi connectivity index (χ4v) is 4.49. The second kappa shape index (κ2) is 6.64. The van der Waals surface area contributed by atoms with Gasteiger partial charge in [0.2, 0.25) is 10.0 Å². The van der Waals surface area contributed by atoms with Gasteiger partial charge < -0.3 is 4.74 Å². The molecule has 2 aromatic rings. The van der Waals surface area contributed by atoms with Crippen LogP contribution in [0.2, 0.25) is 0 Å². The number of nitrogens with zero attached hydrogens (tertiary/aromatic N) is 1. The van der Waals surface area contributed by atoms with Crippen LogP contribution in [0.4, 0.5) is 4.39 Å². The predicted molar refractivity (Wildman–Crippen MR) is 95.9 cm³/mol. The molecule has 0 unspecified atom stereocenters. The first-order valence-corrected chi connectivity index (χ1v) is 10.3. The van der Waals surface area contributed by atoms with Gasteiger partial charge in [0.15, 0.2) is 11.6 Å². The third-order valence-corrected chi connectivity index (χ3v) is 6.15. The molecular weight excluding hydrogens is 355 g/mol. The molecule has 0 amide bonds. The van der Waals surface area contributed by atoms with Gasteiger partial charge in [-0.3, -0.25) is 4.90 Å². The van der Waals surface area contributed by atoms with E-state index in [9.17, 15) is 12.8 Å². The van der Waals surface area contributed by atoms with E-state index in [0.717, 1.165) is 44.0 Å². The van der Waals surface area contributed by atoms with Crippen LogP contribution in [0.3, 0.4) is 0 Å². The van der Waals surface area contributed by atoms with E-state index >= 15 is 0 Å². The summed E-state index contributed by atoms with van der Waals surface area (Å²) in [6, 6.07) is 11.8. The van der Waals surface area contributed by atoms with Gasteiger partial charge in [-0.05, 0) is 61.7 Å². The molecule has 0 aromatic heterocycles. The van der Waals surface area contributed by atoms with E-state index < -0.39 is 15.8 Å². The molecule has 4 rings (SSSR count). The van der Waals surface area contributed by atoms with Gasteiger partial charge in [0.1, 0.15) is 6.10 Å². The van der Waals surface area contributed by atoms with Crippen LogP contribution in [-0.4, -0.2) is 32.4 Å². The molecule has 2 N–H and O–H groups in total. The van der Waals surface area contributed by atoms with Crippen molar-refractivity contribution in [3.05, 3.63) is 59.4 Å². The molecule has 138 valence electrons. The fourth-order valence-electron chi connectivity index (χ4n) is 3.96. The van der Waals surface area contributed by atoms with Crippen molar-refractivity contribution in [3.63, 3.8) is 0 Å². The number of benzene rings is 2. The minimum atomic E-state index is -3.95. The molecule has 0 spiro atoms. The monoisotopic (exact) mass is 376 g/mol. The lowest BCUT2D eigenvalue weighted by Gasteiger charge is -2.30. The smallest absolute Gasteiger partial charge is 0.238 e. The summed E-state index contributed by atoms with van der Waals surface area (Å²) in [5.74, 6) is -0.677. The van der Waals surface area contributed by atoms with E-state index in [1.165, 1.54) is 17.7 Å². The number of ether oxygens (including phenoxy) is 1. The molecular formula is C19H21FN2O3S. The molecule has 1 aliphatic heterocycles. The van der Waals surface area contributed by atoms with Crippen molar-refractivity contribution in [1.29, 1.82) is 0 Å². The Kier molecular flexibility index (Phi) is 4.46. The second-order valence-corrected chi connectivity index (χ2v) is 8.45. The van der Waals surface area contributed by atoms with Crippen LogP contribution < -0.4 is 9.88 Å². The van der Waals surface area contributed by atoms with Crippen LogP contribution in [-0.2, 0) is 16.4 Å². The quantitative estimate of drug-likeness (QED) is 0.890. The molecule has 7 heteroatoms. The Morgan fingerprint density at radius 1 is 1.12 bits per heavy atom. The Hall–Kier alpha value is -1.96. The van der Waals surface area contributed by atoms with Crippen molar-refractivity contribution in [1.82, 2.24) is 4.90 Å². The lowest BCUT2D eigenvalue weighted by molar-refractivity contribution is 0.0905. The summed E-state index contributed by atoms with van der Waals surface area (Å²) in [7, 11) is -3.95. The van der Waals surface area contributed by atoms with E-state index in [4.69, 9.17) is 9.88 Å². The van der Waals surface area contributed by atoms with Gasteiger partial charge >= 0.3 is 0 Å². The number of hydrogen-bond donors (Lipinski definition) is 1. The average Bonchev–Trinajstić information content (AvgIpc) is 3.24. The van der Waals surface area contributed by atoms with Crippen molar-refractivity contribution >= 4 is 10.0 Å². The van der Waals surface area contributed by atoms with Crippen LogP contribution in [0, 0.1) is 5.82 Å². The third kappa shape index (κ3) is 3.22. The molecule has 1 saturated heterocycles. The van der Waals surface area contributed by atoms with Crippen LogP contribution in [0.15, 0.2) is 47.4 Å². The molecule has 2 aromatic carbocycles. The second-order valence-electron chi connectivity index (χ2n) is 6.89. The van der Waals surface area contributed by atoms with Crippen molar-refractivity contribution in [2.45, 2.75) is 36.3 Å². The summed E-state index contributed by atoms with van der Waals surface area (Å²) >= 11 is 0. The van der Waals surface area contributed by atoms with Crippen LogP contribution in [0.5, 0.6) is 5.75 Å². The molecule has 0 radical (unpaired) electrons. The number of nitrogens with two attached hydrogens (primary N) is 1. The van der Waals surface area contributed by atoms with Crippen LogP contribution in [0.1, 0.15) is 30.1 Å². The lowest BCUT2D eigenvalue weighted by Crippen LogP contribution is -2.38. The zero-order valence-corrected chi connectivity index (χ0v) is 15.1. The molecule has 5 nitrogen and oxygen atoms in total. The molecule has 1 aliphatic carbocycles. The highest BCUT2D eigenvalue weighted by Gasteiger charge is 2.39. The number of fused-ring (bicyclic) bond motifs is 1. The minimum absolute atomic E-state index is 0.0447. The molecule has 1 fully saturated rings. The highest BCUT2D eigenvalue weighted by molar-refractivity contribution is 7.89. The Bertz CT molecular complexity index is 926. The maximum atomic E-state index is 14.5. The Morgan fingerprint density at radius 2 is 1.85 bits per heavy atom. The topological polar surface area (TPSA) is 72.6 Å². The van der Waals surface area contributed by atoms with Crippen LogP contribution in [0.25, 0.3) is 0 Å². The summed E-state index contributed by atoms with van der Waals surface area (Å²) in [6.07, 6.45) is 2.92. The Labute approximate surface area is 152 Å². The summed E-state index contributed by atoms with van der Waals surface area (Å²) in [5.41, 5.74) is 2.29. The Balaban J connectivity index is 1.66. The highest BCUT2D eigenvalue weighted by Crippen LogP contribution is 2.39. The normalized spacial score (nSPS) is 23.2. The molecule has 0 bridgehead atoms. The van der Waals surface area contributed by atoms with Crippen molar-refractivity contribution < 1.29 is 17.5 Å². The first kappa shape index (κ1) is 17.5. The zero-order valence-electron chi connectivity index (χ0n) is 14.3. The van der Waals surface area contributed by atoms with Gasteiger partial charge in [-0.1, -0.05) is 24.3 Å². The number of hydrogen-bond acceptors (Lipinski definition) is 4. The van der Waals surface area contributed by atoms with Gasteiger partial charge in [0.05, 0.1) is 10.9 Å². The average molecular weight is 376 g/mol. The van der Waals surface area contributed by atoms with E-state index in [0.29, 0.717) is 0 Å². The van der Waals surface area contributed by atoms with Crippen LogP contribution >= 0.6 is 0 Å². The number of halogens is 1. The van der Waals surface area contributed by atoms with Gasteiger partial charge in [-0.15, -0.1) is 0 Å². The Morgan fingerprint density at radius 3 is 2.54 bits per heavy atom. The maximum absolute atomic E-state index is 14.5. The summed E-state index contributed by atoms with van der Waals surface area (Å²) in [5, 5.41) is 5.07. The van der Waals surface area contributed by atoms with Crippen molar-refractivity contribution in [3.8, 4) is 5.75 Å². The van der Waals surface area contributed by atoms with Gasteiger partial charge in [0.25, 0.3) is 0 Å². The maximum Gasteiger partial charge on any atom is 0.238 e. The molecule has 2 atom stereocenters. The first-order valence-electron chi connectivity index (χ1n) is 8.74. The lowest BCUT2D eigenvalue weighted by atomic mass is 10.1. The number of rotatable bonds is 4. The number of sulfonamides is 1. The van der Waals surface area contributed by atoms with E-state index in [1.54, 1.807) is 0 Å². The molecule has 2 aliphatic rings. The van der Waals surface area contributed by atoms with E-state index in [1.807, 2.05) is 18.2 Å². The van der Waals surface area contributed by atoms with Crippen molar-refractivity contribution in [2.75, 3.05) is 13.1 Å². The zero-order chi connectivity index (χ0) is 18.3. The van der Waals surface area contributed by atoms with Crippen molar-refractivity contribution in [2.24, 2.45) is 5.14 Å². The van der Waals surface area contributed by atoms with E-state index in [-0.39, 0.29) is 22.8 Å². The first-order chi connectivity index (χ1) is 12.4. The molecule has 0 saturated carbocycles. The standard InChI is InChI=1S/C19H21FN2O3S/c20-16-12-14(26(21,23)24)7-8-18(16)25-19-15-6-2-1-5-13(15)11-17(19)22-9-3-4-10-22/h1-2,5-8,12,17,19H,3-4,9-11H2,(H2,21,23,24)/t17-,19-/m0/s1. The highest BCUT2D eigenvalue weighted by atomic mass is 32.2. The number of primary sulfonamides is 1. The number of likely N-dealkylation sites (tertiary alicyclic amines) is 1. The fraction of sp³-hybridized carbons (Fsp3) is 0.368. The van der Waals surface area contributed by atoms with Gasteiger partial charge in [-0.25, -0.2) is 17.9 Å². The molecule has 1 heterocycles. The van der Waals surface area contributed by atoms with Gasteiger partial charge in [0, 0.05) is 0 Å². The molecule has 26 heavy (non-hydrogen) atoms. The minimum Gasteiger partial charge on any atom is -0.481 e. The van der Waals surface area contributed by atoms with E-state index in [2.05, 4.69) is 11.0 Å². The summed E-state index contributed by atoms with van der Waals surface area (Å²) in [6.45, 7) is 2.04. The summed E-state index contributed by atoms with van der Waals surface area (Å²) < 4.78 is 43.3. The third-order valence-electron chi connectivity index (χ3n) is 5.24. The largest absolute Gasteiger partial charge is 0.481 e. The predicted octanol–water partition coefficient (Wildman–Crippen LogP) is 2.61.